The van der Waals surface area contributed by atoms with E-state index in [0.717, 1.165) is 16.4 Å². The number of benzene rings is 1. The Hall–Kier alpha value is -0.700. The van der Waals surface area contributed by atoms with Gasteiger partial charge in [0.25, 0.3) is 0 Å². The van der Waals surface area contributed by atoms with E-state index in [2.05, 4.69) is 15.9 Å². The summed E-state index contributed by atoms with van der Waals surface area (Å²) in [7, 11) is -2.51. The number of nitrogen functional groups attached to an aromatic ring is 1. The third kappa shape index (κ3) is 4.15. The zero-order valence-corrected chi connectivity index (χ0v) is 13.5. The molecule has 1 rings (SSSR count). The van der Waals surface area contributed by atoms with Crippen molar-refractivity contribution >= 4 is 31.6 Å². The van der Waals surface area contributed by atoms with Crippen LogP contribution in [0.1, 0.15) is 19.3 Å². The fourth-order valence-corrected chi connectivity index (χ4v) is 3.26. The fraction of sp³-hybridized carbons (Fsp3) is 0.500. The van der Waals surface area contributed by atoms with E-state index >= 15 is 0 Å². The second-order valence-corrected chi connectivity index (χ2v) is 7.28. The second kappa shape index (κ2) is 7.35. The second-order valence-electron chi connectivity index (χ2n) is 4.41. The van der Waals surface area contributed by atoms with Crippen molar-refractivity contribution < 1.29 is 17.9 Å². The van der Waals surface area contributed by atoms with Crippen molar-refractivity contribution in [3.05, 3.63) is 22.4 Å². The Morgan fingerprint density at radius 3 is 2.60 bits per heavy atom. The maximum absolute atomic E-state index is 13.8. The van der Waals surface area contributed by atoms with Crippen molar-refractivity contribution in [3.8, 4) is 0 Å². The topological polar surface area (TPSA) is 83.6 Å². The lowest BCUT2D eigenvalue weighted by molar-refractivity contribution is 0.281. The summed E-state index contributed by atoms with van der Waals surface area (Å²) in [6.07, 6.45) is 1.93. The van der Waals surface area contributed by atoms with Crippen molar-refractivity contribution in [1.29, 1.82) is 0 Å². The van der Waals surface area contributed by atoms with Crippen molar-refractivity contribution in [2.24, 2.45) is 0 Å². The molecule has 8 heteroatoms. The van der Waals surface area contributed by atoms with E-state index in [-0.39, 0.29) is 18.8 Å². The molecule has 0 aliphatic heterocycles. The molecule has 0 aliphatic rings. The number of aliphatic hydroxyl groups is 1. The van der Waals surface area contributed by atoms with Crippen LogP contribution in [0.2, 0.25) is 0 Å². The monoisotopic (exact) mass is 368 g/mol. The first-order valence-corrected chi connectivity index (χ1v) is 8.35. The molecule has 20 heavy (non-hydrogen) atoms. The Bertz CT molecular complexity index is 566. The molecular weight excluding hydrogens is 351 g/mol. The summed E-state index contributed by atoms with van der Waals surface area (Å²) in [5.74, 6) is -0.840. The van der Waals surface area contributed by atoms with Crippen LogP contribution >= 0.6 is 15.9 Å². The van der Waals surface area contributed by atoms with E-state index < -0.39 is 20.7 Å². The zero-order chi connectivity index (χ0) is 15.3. The zero-order valence-electron chi connectivity index (χ0n) is 11.1. The van der Waals surface area contributed by atoms with Gasteiger partial charge in [0.15, 0.2) is 0 Å². The minimum Gasteiger partial charge on any atom is -0.398 e. The molecule has 3 N–H and O–H groups in total. The molecule has 0 amide bonds. The molecule has 0 atom stereocenters. The molecule has 0 heterocycles. The van der Waals surface area contributed by atoms with Crippen molar-refractivity contribution in [3.63, 3.8) is 0 Å². The van der Waals surface area contributed by atoms with E-state index in [1.165, 1.54) is 7.05 Å². The lowest BCUT2D eigenvalue weighted by Gasteiger charge is -2.18. The average molecular weight is 369 g/mol. The van der Waals surface area contributed by atoms with Gasteiger partial charge in [-0.15, -0.1) is 0 Å². The molecule has 0 spiro atoms. The minimum atomic E-state index is -3.90. The lowest BCUT2D eigenvalue weighted by atomic mass is 10.2. The van der Waals surface area contributed by atoms with Crippen LogP contribution in [0, 0.1) is 5.82 Å². The van der Waals surface area contributed by atoms with Crippen molar-refractivity contribution in [2.45, 2.75) is 24.2 Å². The molecule has 0 bridgehead atoms. The Morgan fingerprint density at radius 2 is 2.00 bits per heavy atom. The number of anilines is 1. The van der Waals surface area contributed by atoms with E-state index in [1.54, 1.807) is 0 Å². The van der Waals surface area contributed by atoms with E-state index in [0.29, 0.717) is 23.7 Å². The van der Waals surface area contributed by atoms with Gasteiger partial charge < -0.3 is 10.8 Å². The first-order chi connectivity index (χ1) is 9.30. The van der Waals surface area contributed by atoms with Crippen LogP contribution in [0.15, 0.2) is 21.5 Å². The van der Waals surface area contributed by atoms with Gasteiger partial charge in [-0.2, -0.15) is 0 Å². The Balaban J connectivity index is 2.90. The quantitative estimate of drug-likeness (QED) is 0.569. The lowest BCUT2D eigenvalue weighted by Crippen LogP contribution is -2.28. The van der Waals surface area contributed by atoms with E-state index in [1.807, 2.05) is 0 Å². The molecule has 114 valence electrons. The summed E-state index contributed by atoms with van der Waals surface area (Å²) < 4.78 is 39.7. The third-order valence-corrected chi connectivity index (χ3v) is 5.43. The molecule has 0 aliphatic carbocycles. The number of nitrogens with two attached hydrogens (primary N) is 1. The van der Waals surface area contributed by atoms with Gasteiger partial charge in [-0.05, 0) is 47.3 Å². The number of nitrogens with zero attached hydrogens (tertiary/aromatic N) is 1. The standard InChI is InChI=1S/C12H18BrFN2O3S/c1-16(5-3-2-4-6-17)20(18,19)12-8-11(15)9(13)7-10(12)14/h7-8,17H,2-6,15H2,1H3. The SMILES string of the molecule is CN(CCCCCO)S(=O)(=O)c1cc(N)c(Br)cc1F. The molecule has 0 saturated heterocycles. The summed E-state index contributed by atoms with van der Waals surface area (Å²) in [6.45, 7) is 0.339. The molecular formula is C12H18BrFN2O3S. The number of sulfonamides is 1. The van der Waals surface area contributed by atoms with Crippen LogP contribution in [0.4, 0.5) is 10.1 Å². The molecule has 1 aromatic rings. The van der Waals surface area contributed by atoms with Crippen molar-refractivity contribution in [1.82, 2.24) is 4.31 Å². The van der Waals surface area contributed by atoms with Crippen LogP contribution < -0.4 is 5.73 Å². The molecule has 0 saturated carbocycles. The van der Waals surface area contributed by atoms with Crippen LogP contribution in [-0.4, -0.2) is 38.0 Å². The Kier molecular flexibility index (Phi) is 6.38. The van der Waals surface area contributed by atoms with Crippen LogP contribution in [0.5, 0.6) is 0 Å². The van der Waals surface area contributed by atoms with E-state index in [9.17, 15) is 12.8 Å². The maximum atomic E-state index is 13.8. The number of aliphatic hydroxyl groups excluding tert-OH is 1. The highest BCUT2D eigenvalue weighted by atomic mass is 79.9. The van der Waals surface area contributed by atoms with Crippen LogP contribution in [0.3, 0.4) is 0 Å². The van der Waals surface area contributed by atoms with Crippen LogP contribution in [0.25, 0.3) is 0 Å². The Morgan fingerprint density at radius 1 is 1.35 bits per heavy atom. The first-order valence-electron chi connectivity index (χ1n) is 6.12. The highest BCUT2D eigenvalue weighted by Crippen LogP contribution is 2.27. The Labute approximate surface area is 126 Å². The number of hydrogen-bond acceptors (Lipinski definition) is 4. The highest BCUT2D eigenvalue weighted by Gasteiger charge is 2.25. The summed E-state index contributed by atoms with van der Waals surface area (Å²) in [6, 6.07) is 2.15. The fourth-order valence-electron chi connectivity index (χ4n) is 1.65. The number of unbranched alkanes of at least 4 members (excludes halogenated alkanes) is 2. The highest BCUT2D eigenvalue weighted by molar-refractivity contribution is 9.10. The minimum absolute atomic E-state index is 0.0777. The largest absolute Gasteiger partial charge is 0.398 e. The predicted molar refractivity (Wildman–Crippen MR) is 79.3 cm³/mol. The number of hydrogen-bond donors (Lipinski definition) is 2. The van der Waals surface area contributed by atoms with Gasteiger partial charge in [0.2, 0.25) is 10.0 Å². The normalized spacial score (nSPS) is 12.1. The summed E-state index contributed by atoms with van der Waals surface area (Å²) in [5, 5.41) is 8.66. The van der Waals surface area contributed by atoms with Gasteiger partial charge in [-0.3, -0.25) is 0 Å². The van der Waals surface area contributed by atoms with Gasteiger partial charge in [0.1, 0.15) is 10.7 Å². The molecule has 0 fully saturated rings. The molecule has 1 aromatic carbocycles. The smallest absolute Gasteiger partial charge is 0.245 e. The van der Waals surface area contributed by atoms with Gasteiger partial charge in [0.05, 0.1) is 0 Å². The third-order valence-electron chi connectivity index (χ3n) is 2.87. The number of halogens is 2. The maximum Gasteiger partial charge on any atom is 0.245 e. The summed E-state index contributed by atoms with van der Waals surface area (Å²) >= 11 is 3.05. The average Bonchev–Trinajstić information content (AvgIpc) is 2.38. The molecule has 5 nitrogen and oxygen atoms in total. The van der Waals surface area contributed by atoms with E-state index in [4.69, 9.17) is 10.8 Å². The van der Waals surface area contributed by atoms with Crippen molar-refractivity contribution in [2.75, 3.05) is 25.9 Å². The molecule has 0 unspecified atom stereocenters. The number of rotatable bonds is 7. The summed E-state index contributed by atoms with van der Waals surface area (Å²) in [5.41, 5.74) is 5.77. The van der Waals surface area contributed by atoms with Gasteiger partial charge >= 0.3 is 0 Å². The van der Waals surface area contributed by atoms with Gasteiger partial charge in [-0.25, -0.2) is 17.1 Å². The van der Waals surface area contributed by atoms with Gasteiger partial charge in [-0.1, -0.05) is 0 Å². The predicted octanol–water partition coefficient (Wildman–Crippen LogP) is 1.95. The summed E-state index contributed by atoms with van der Waals surface area (Å²) in [4.78, 5) is -0.428. The molecule has 0 aromatic heterocycles. The van der Waals surface area contributed by atoms with Crippen LogP contribution in [-0.2, 0) is 10.0 Å². The first kappa shape index (κ1) is 17.4. The molecule has 0 radical (unpaired) electrons. The van der Waals surface area contributed by atoms with Gasteiger partial charge in [0, 0.05) is 30.4 Å².